The van der Waals surface area contributed by atoms with Crippen molar-refractivity contribution in [2.45, 2.75) is 84.7 Å². The first-order chi connectivity index (χ1) is 16.0. The van der Waals surface area contributed by atoms with Crippen molar-refractivity contribution < 1.29 is 23.8 Å². The molecule has 1 atom stereocenters. The lowest BCUT2D eigenvalue weighted by molar-refractivity contribution is -0.161. The molecule has 0 unspecified atom stereocenters. The molecule has 0 aliphatic carbocycles. The van der Waals surface area contributed by atoms with Crippen molar-refractivity contribution in [3.05, 3.63) is 48.5 Å². The molecule has 5 heteroatoms. The van der Waals surface area contributed by atoms with E-state index in [4.69, 9.17) is 14.2 Å². The van der Waals surface area contributed by atoms with Crippen molar-refractivity contribution in [1.82, 2.24) is 0 Å². The van der Waals surface area contributed by atoms with E-state index in [9.17, 15) is 9.59 Å². The molecule has 0 heterocycles. The Labute approximate surface area is 198 Å². The number of carbonyl (C=O) groups is 2. The van der Waals surface area contributed by atoms with Crippen LogP contribution in [0.5, 0.6) is 11.5 Å². The fourth-order valence-corrected chi connectivity index (χ4v) is 3.36. The molecule has 0 saturated carbocycles. The highest BCUT2D eigenvalue weighted by molar-refractivity contribution is 5.80. The van der Waals surface area contributed by atoms with Gasteiger partial charge in [0.2, 0.25) is 0 Å². The average molecular weight is 455 g/mol. The maximum atomic E-state index is 12.2. The molecule has 5 nitrogen and oxygen atoms in total. The molecule has 0 saturated heterocycles. The second kappa shape index (κ2) is 15.1. The first kappa shape index (κ1) is 26.4. The molecule has 0 bridgehead atoms. The molecule has 0 fully saturated rings. The van der Waals surface area contributed by atoms with Gasteiger partial charge in [0.05, 0.1) is 6.61 Å². The zero-order chi connectivity index (χ0) is 23.9. The first-order valence-electron chi connectivity index (χ1n) is 12.3. The molecular weight excluding hydrogens is 416 g/mol. The Morgan fingerprint density at radius 2 is 1.27 bits per heavy atom. The molecule has 0 aromatic heterocycles. The second-order valence-corrected chi connectivity index (χ2v) is 8.32. The van der Waals surface area contributed by atoms with E-state index in [2.05, 4.69) is 6.92 Å². The fourth-order valence-electron chi connectivity index (χ4n) is 3.36. The normalized spacial score (nSPS) is 11.6. The topological polar surface area (TPSA) is 61.8 Å². The Bertz CT molecular complexity index is 826. The van der Waals surface area contributed by atoms with Gasteiger partial charge in [-0.1, -0.05) is 76.6 Å². The highest BCUT2D eigenvalue weighted by Crippen LogP contribution is 2.25. The molecule has 180 valence electrons. The molecule has 0 aliphatic rings. The van der Waals surface area contributed by atoms with Crippen molar-refractivity contribution >= 4 is 11.9 Å². The summed E-state index contributed by atoms with van der Waals surface area (Å²) in [4.78, 5) is 23.9. The predicted molar refractivity (Wildman–Crippen MR) is 131 cm³/mol. The van der Waals surface area contributed by atoms with E-state index in [0.29, 0.717) is 12.2 Å². The van der Waals surface area contributed by atoms with Gasteiger partial charge in [-0.15, -0.1) is 0 Å². The quantitative estimate of drug-likeness (QED) is 0.163. The number of carbonyl (C=O) groups excluding carboxylic acids is 2. The minimum absolute atomic E-state index is 0.311. The molecular formula is C28H38O5. The molecule has 0 radical (unpaired) electrons. The highest BCUT2D eigenvalue weighted by atomic mass is 16.6. The van der Waals surface area contributed by atoms with Crippen LogP contribution in [0, 0.1) is 0 Å². The van der Waals surface area contributed by atoms with Gasteiger partial charge in [0.15, 0.2) is 6.10 Å². The average Bonchev–Trinajstić information content (AvgIpc) is 2.83. The summed E-state index contributed by atoms with van der Waals surface area (Å²) < 4.78 is 16.3. The van der Waals surface area contributed by atoms with Gasteiger partial charge in [0.25, 0.3) is 0 Å². The SMILES string of the molecule is CCCCCCCCOc1ccc(-c2ccc(OC(=O)[C@H](C)OC(=O)CCCC)cc2)cc1. The lowest BCUT2D eigenvalue weighted by Crippen LogP contribution is -2.28. The summed E-state index contributed by atoms with van der Waals surface area (Å²) in [6.07, 6.45) is 8.51. The Kier molecular flexibility index (Phi) is 12.1. The van der Waals surface area contributed by atoms with Crippen LogP contribution in [0.2, 0.25) is 0 Å². The van der Waals surface area contributed by atoms with E-state index >= 15 is 0 Å². The zero-order valence-electron chi connectivity index (χ0n) is 20.3. The number of rotatable bonds is 15. The third-order valence-electron chi connectivity index (χ3n) is 5.40. The molecule has 2 rings (SSSR count). The van der Waals surface area contributed by atoms with Crippen LogP contribution < -0.4 is 9.47 Å². The summed E-state index contributed by atoms with van der Waals surface area (Å²) in [6, 6.07) is 15.3. The molecule has 2 aromatic carbocycles. The van der Waals surface area contributed by atoms with Gasteiger partial charge in [-0.05, 0) is 55.2 Å². The number of ether oxygens (including phenoxy) is 3. The van der Waals surface area contributed by atoms with Crippen LogP contribution in [0.25, 0.3) is 11.1 Å². The van der Waals surface area contributed by atoms with E-state index < -0.39 is 12.1 Å². The Balaban J connectivity index is 1.78. The first-order valence-corrected chi connectivity index (χ1v) is 12.3. The third-order valence-corrected chi connectivity index (χ3v) is 5.40. The number of hydrogen-bond donors (Lipinski definition) is 0. The Hall–Kier alpha value is -2.82. The lowest BCUT2D eigenvalue weighted by Gasteiger charge is -2.13. The number of unbranched alkanes of at least 4 members (excludes halogenated alkanes) is 6. The molecule has 0 N–H and O–H groups in total. The standard InChI is InChI=1S/C28H38O5/c1-4-6-8-9-10-11-21-31-25-17-13-23(14-18-25)24-15-19-26(20-16-24)33-28(30)22(3)32-27(29)12-7-5-2/h13-20,22H,4-12,21H2,1-3H3/t22-/m0/s1. The monoisotopic (exact) mass is 454 g/mol. The Morgan fingerprint density at radius 1 is 0.727 bits per heavy atom. The van der Waals surface area contributed by atoms with Crippen molar-refractivity contribution in [1.29, 1.82) is 0 Å². The number of esters is 2. The van der Waals surface area contributed by atoms with Crippen LogP contribution in [0.4, 0.5) is 0 Å². The number of hydrogen-bond acceptors (Lipinski definition) is 5. The van der Waals surface area contributed by atoms with Crippen LogP contribution in [0.1, 0.15) is 78.6 Å². The molecule has 0 spiro atoms. The van der Waals surface area contributed by atoms with Crippen molar-refractivity contribution in [2.75, 3.05) is 6.61 Å². The van der Waals surface area contributed by atoms with Crippen molar-refractivity contribution in [3.8, 4) is 22.6 Å². The van der Waals surface area contributed by atoms with Gasteiger partial charge in [-0.25, -0.2) is 4.79 Å². The minimum Gasteiger partial charge on any atom is -0.494 e. The summed E-state index contributed by atoms with van der Waals surface area (Å²) in [7, 11) is 0. The van der Waals surface area contributed by atoms with Gasteiger partial charge in [0.1, 0.15) is 11.5 Å². The van der Waals surface area contributed by atoms with Crippen molar-refractivity contribution in [2.24, 2.45) is 0 Å². The third kappa shape index (κ3) is 10.1. The van der Waals surface area contributed by atoms with E-state index in [1.807, 2.05) is 43.3 Å². The predicted octanol–water partition coefficient (Wildman–Crippen LogP) is 7.12. The molecule has 0 amide bonds. The lowest BCUT2D eigenvalue weighted by atomic mass is 10.1. The van der Waals surface area contributed by atoms with Crippen LogP contribution in [0.3, 0.4) is 0 Å². The van der Waals surface area contributed by atoms with E-state index in [1.54, 1.807) is 12.1 Å². The van der Waals surface area contributed by atoms with Gasteiger partial charge >= 0.3 is 11.9 Å². The largest absolute Gasteiger partial charge is 0.494 e. The zero-order valence-corrected chi connectivity index (χ0v) is 20.3. The maximum absolute atomic E-state index is 12.2. The molecule has 2 aromatic rings. The van der Waals surface area contributed by atoms with Crippen LogP contribution in [0.15, 0.2) is 48.5 Å². The van der Waals surface area contributed by atoms with E-state index in [1.165, 1.54) is 39.0 Å². The van der Waals surface area contributed by atoms with Gasteiger partial charge in [-0.3, -0.25) is 4.79 Å². The van der Waals surface area contributed by atoms with E-state index in [0.717, 1.165) is 42.7 Å². The fraction of sp³-hybridized carbons (Fsp3) is 0.500. The van der Waals surface area contributed by atoms with Crippen LogP contribution in [-0.2, 0) is 14.3 Å². The maximum Gasteiger partial charge on any atom is 0.352 e. The molecule has 0 aliphatic heterocycles. The van der Waals surface area contributed by atoms with Gasteiger partial charge < -0.3 is 14.2 Å². The summed E-state index contributed by atoms with van der Waals surface area (Å²) in [5.74, 6) is 0.329. The Morgan fingerprint density at radius 3 is 1.88 bits per heavy atom. The summed E-state index contributed by atoms with van der Waals surface area (Å²) in [6.45, 7) is 6.50. The smallest absolute Gasteiger partial charge is 0.352 e. The summed E-state index contributed by atoms with van der Waals surface area (Å²) >= 11 is 0. The number of benzene rings is 2. The highest BCUT2D eigenvalue weighted by Gasteiger charge is 2.19. The van der Waals surface area contributed by atoms with Gasteiger partial charge in [0, 0.05) is 6.42 Å². The molecule has 33 heavy (non-hydrogen) atoms. The van der Waals surface area contributed by atoms with Crippen molar-refractivity contribution in [3.63, 3.8) is 0 Å². The van der Waals surface area contributed by atoms with Gasteiger partial charge in [-0.2, -0.15) is 0 Å². The van der Waals surface area contributed by atoms with Crippen LogP contribution in [-0.4, -0.2) is 24.6 Å². The minimum atomic E-state index is -0.932. The second-order valence-electron chi connectivity index (χ2n) is 8.32. The van der Waals surface area contributed by atoms with E-state index in [-0.39, 0.29) is 5.97 Å². The summed E-state index contributed by atoms with van der Waals surface area (Å²) in [5.41, 5.74) is 2.06. The van der Waals surface area contributed by atoms with Crippen LogP contribution >= 0.6 is 0 Å². The summed E-state index contributed by atoms with van der Waals surface area (Å²) in [5, 5.41) is 0.